The number of thioether (sulfide) groups is 1. The Morgan fingerprint density at radius 3 is 2.69 bits per heavy atom. The highest BCUT2D eigenvalue weighted by atomic mass is 32.2. The number of aromatic nitrogens is 2. The van der Waals surface area contributed by atoms with Crippen molar-refractivity contribution in [2.75, 3.05) is 17.3 Å². The lowest BCUT2D eigenvalue weighted by Gasteiger charge is -2.24. The maximum Gasteiger partial charge on any atom is 0.274 e. The molecule has 0 bridgehead atoms. The van der Waals surface area contributed by atoms with Gasteiger partial charge >= 0.3 is 0 Å². The lowest BCUT2D eigenvalue weighted by atomic mass is 10.0. The number of aryl methyl sites for hydroxylation is 1. The summed E-state index contributed by atoms with van der Waals surface area (Å²) in [6.07, 6.45) is 5.51. The average molecular weight is 433 g/mol. The van der Waals surface area contributed by atoms with Gasteiger partial charge in [0.25, 0.3) is 5.56 Å². The van der Waals surface area contributed by atoms with Crippen molar-refractivity contribution in [1.82, 2.24) is 9.55 Å². The quantitative estimate of drug-likeness (QED) is 0.666. The molecular weight excluding hydrogens is 408 g/mol. The molecule has 0 aliphatic carbocycles. The van der Waals surface area contributed by atoms with Crippen molar-refractivity contribution in [3.8, 4) is 16.9 Å². The van der Waals surface area contributed by atoms with E-state index in [0.29, 0.717) is 16.8 Å². The molecular formula is C21H24N2O4S2. The van der Waals surface area contributed by atoms with Crippen molar-refractivity contribution < 1.29 is 13.2 Å². The highest BCUT2D eigenvalue weighted by molar-refractivity contribution is 7.99. The van der Waals surface area contributed by atoms with Crippen LogP contribution in [0.1, 0.15) is 19.8 Å². The van der Waals surface area contributed by atoms with Crippen LogP contribution >= 0.6 is 11.8 Å². The monoisotopic (exact) mass is 432 g/mol. The van der Waals surface area contributed by atoms with Crippen LogP contribution in [0.5, 0.6) is 5.75 Å². The molecule has 1 N–H and O–H groups in total. The molecule has 1 aliphatic heterocycles. The Kier molecular flexibility index (Phi) is 5.48. The van der Waals surface area contributed by atoms with Gasteiger partial charge in [-0.1, -0.05) is 6.92 Å². The normalized spacial score (nSPS) is 15.7. The van der Waals surface area contributed by atoms with Crippen LogP contribution in [0, 0.1) is 0 Å². The minimum Gasteiger partial charge on any atom is -0.490 e. The van der Waals surface area contributed by atoms with Gasteiger partial charge in [-0.15, -0.1) is 0 Å². The van der Waals surface area contributed by atoms with Gasteiger partial charge in [-0.05, 0) is 48.6 Å². The Labute approximate surface area is 174 Å². The van der Waals surface area contributed by atoms with Gasteiger partial charge in [0.05, 0.1) is 10.6 Å². The number of benzene rings is 1. The first-order valence-electron chi connectivity index (χ1n) is 9.69. The lowest BCUT2D eigenvalue weighted by Crippen LogP contribution is -2.22. The molecule has 2 aromatic heterocycles. The second-order valence-corrected chi connectivity index (χ2v) is 10.7. The molecule has 29 heavy (non-hydrogen) atoms. The highest BCUT2D eigenvalue weighted by Gasteiger charge is 2.22. The molecule has 1 saturated heterocycles. The van der Waals surface area contributed by atoms with E-state index in [1.807, 2.05) is 17.8 Å². The largest absolute Gasteiger partial charge is 0.490 e. The smallest absolute Gasteiger partial charge is 0.274 e. The molecule has 154 valence electrons. The molecule has 1 aliphatic rings. The molecule has 0 saturated carbocycles. The minimum absolute atomic E-state index is 0.0271. The van der Waals surface area contributed by atoms with E-state index in [0.717, 1.165) is 35.3 Å². The first-order chi connectivity index (χ1) is 13.9. The summed E-state index contributed by atoms with van der Waals surface area (Å²) in [5, 5.41) is 0.753. The number of ether oxygens (including phenoxy) is 1. The number of rotatable bonds is 5. The van der Waals surface area contributed by atoms with Gasteiger partial charge in [-0.3, -0.25) is 4.79 Å². The topological polar surface area (TPSA) is 81.2 Å². The maximum absolute atomic E-state index is 12.5. The van der Waals surface area contributed by atoms with Gasteiger partial charge in [0.1, 0.15) is 17.4 Å². The second-order valence-electron chi connectivity index (χ2n) is 7.22. The standard InChI is InChI=1S/C21H24N2O4S2/c1-3-29(25,26)15-4-5-19(27-14-7-10-28-11-8-14)17(12-15)18-13-23(2)21(24)20-16(18)6-9-22-20/h4-6,9,12-14,22H,3,7-8,10-11H2,1-2H3. The summed E-state index contributed by atoms with van der Waals surface area (Å²) in [6.45, 7) is 1.63. The van der Waals surface area contributed by atoms with E-state index in [-0.39, 0.29) is 22.3 Å². The Morgan fingerprint density at radius 1 is 1.21 bits per heavy atom. The predicted octanol–water partition coefficient (Wildman–Crippen LogP) is 3.60. The zero-order chi connectivity index (χ0) is 20.6. The first kappa shape index (κ1) is 20.1. The number of aromatic amines is 1. The van der Waals surface area contributed by atoms with Gasteiger partial charge in [0.15, 0.2) is 9.84 Å². The van der Waals surface area contributed by atoms with Crippen molar-refractivity contribution in [3.05, 3.63) is 47.0 Å². The molecule has 1 fully saturated rings. The van der Waals surface area contributed by atoms with Crippen LogP contribution in [0.3, 0.4) is 0 Å². The highest BCUT2D eigenvalue weighted by Crippen LogP contribution is 2.37. The van der Waals surface area contributed by atoms with E-state index in [4.69, 9.17) is 4.74 Å². The van der Waals surface area contributed by atoms with Crippen LogP contribution in [0.25, 0.3) is 22.0 Å². The average Bonchev–Trinajstić information content (AvgIpc) is 3.22. The zero-order valence-electron chi connectivity index (χ0n) is 16.5. The Balaban J connectivity index is 1.92. The molecule has 3 aromatic rings. The van der Waals surface area contributed by atoms with Crippen LogP contribution < -0.4 is 10.3 Å². The number of sulfone groups is 1. The summed E-state index contributed by atoms with van der Waals surface area (Å²) in [4.78, 5) is 15.7. The van der Waals surface area contributed by atoms with E-state index in [9.17, 15) is 13.2 Å². The number of fused-ring (bicyclic) bond motifs is 1. The van der Waals surface area contributed by atoms with Crippen molar-refractivity contribution in [1.29, 1.82) is 0 Å². The van der Waals surface area contributed by atoms with Gasteiger partial charge in [-0.2, -0.15) is 11.8 Å². The molecule has 0 amide bonds. The molecule has 3 heterocycles. The molecule has 6 nitrogen and oxygen atoms in total. The SMILES string of the molecule is CCS(=O)(=O)c1ccc(OC2CCSCC2)c(-c2cn(C)c(=O)c3[nH]ccc23)c1. The Hall–Kier alpha value is -2.19. The summed E-state index contributed by atoms with van der Waals surface area (Å²) in [7, 11) is -1.68. The molecule has 8 heteroatoms. The fourth-order valence-electron chi connectivity index (χ4n) is 3.64. The fraction of sp³-hybridized carbons (Fsp3) is 0.381. The van der Waals surface area contributed by atoms with E-state index in [1.165, 1.54) is 4.57 Å². The maximum atomic E-state index is 12.5. The summed E-state index contributed by atoms with van der Waals surface area (Å²) in [5.41, 5.74) is 1.83. The van der Waals surface area contributed by atoms with E-state index >= 15 is 0 Å². The third-order valence-electron chi connectivity index (χ3n) is 5.34. The Bertz CT molecular complexity index is 1210. The number of hydrogen-bond donors (Lipinski definition) is 1. The summed E-state index contributed by atoms with van der Waals surface area (Å²) in [5.74, 6) is 2.80. The number of H-pyrrole nitrogens is 1. The van der Waals surface area contributed by atoms with Crippen LogP contribution in [0.4, 0.5) is 0 Å². The molecule has 4 rings (SSSR count). The van der Waals surface area contributed by atoms with Crippen LogP contribution in [-0.2, 0) is 16.9 Å². The summed E-state index contributed by atoms with van der Waals surface area (Å²) in [6, 6.07) is 6.89. The van der Waals surface area contributed by atoms with Crippen LogP contribution in [0.15, 0.2) is 46.3 Å². The Morgan fingerprint density at radius 2 is 1.97 bits per heavy atom. The van der Waals surface area contributed by atoms with Crippen molar-refractivity contribution >= 4 is 32.5 Å². The molecule has 0 atom stereocenters. The number of hydrogen-bond acceptors (Lipinski definition) is 5. The minimum atomic E-state index is -3.37. The van der Waals surface area contributed by atoms with Crippen molar-refractivity contribution in [2.24, 2.45) is 7.05 Å². The molecule has 0 unspecified atom stereocenters. The van der Waals surface area contributed by atoms with E-state index in [2.05, 4.69) is 4.98 Å². The van der Waals surface area contributed by atoms with Gasteiger partial charge in [0, 0.05) is 36.0 Å². The van der Waals surface area contributed by atoms with Crippen LogP contribution in [0.2, 0.25) is 0 Å². The first-order valence-corrected chi connectivity index (χ1v) is 12.5. The molecule has 0 radical (unpaired) electrons. The number of pyridine rings is 1. The second kappa shape index (κ2) is 7.91. The number of nitrogens with one attached hydrogen (secondary N) is 1. The predicted molar refractivity (Wildman–Crippen MR) is 118 cm³/mol. The fourth-order valence-corrected chi connectivity index (χ4v) is 5.61. The molecule has 1 aromatic carbocycles. The third kappa shape index (κ3) is 3.83. The van der Waals surface area contributed by atoms with Crippen molar-refractivity contribution in [2.45, 2.75) is 30.8 Å². The third-order valence-corrected chi connectivity index (χ3v) is 8.12. The van der Waals surface area contributed by atoms with E-state index < -0.39 is 9.84 Å². The van der Waals surface area contributed by atoms with Crippen molar-refractivity contribution in [3.63, 3.8) is 0 Å². The molecule has 0 spiro atoms. The van der Waals surface area contributed by atoms with Gasteiger partial charge in [-0.25, -0.2) is 8.42 Å². The van der Waals surface area contributed by atoms with Gasteiger partial charge < -0.3 is 14.3 Å². The lowest BCUT2D eigenvalue weighted by molar-refractivity contribution is 0.193. The summed E-state index contributed by atoms with van der Waals surface area (Å²) < 4.78 is 32.9. The number of nitrogens with zero attached hydrogens (tertiary/aromatic N) is 1. The van der Waals surface area contributed by atoms with E-state index in [1.54, 1.807) is 44.6 Å². The van der Waals surface area contributed by atoms with Crippen LogP contribution in [-0.4, -0.2) is 41.3 Å². The zero-order valence-corrected chi connectivity index (χ0v) is 18.1. The summed E-state index contributed by atoms with van der Waals surface area (Å²) >= 11 is 1.92. The van der Waals surface area contributed by atoms with Gasteiger partial charge in [0.2, 0.25) is 0 Å².